The second-order valence-electron chi connectivity index (χ2n) is 3.02. The minimum Gasteiger partial charge on any atom is -0.495 e. The molecule has 0 radical (unpaired) electrons. The first-order valence-corrected chi connectivity index (χ1v) is 4.55. The van der Waals surface area contributed by atoms with Gasteiger partial charge in [0.05, 0.1) is 25.3 Å². The van der Waals surface area contributed by atoms with Crippen molar-refractivity contribution in [2.45, 2.75) is 19.4 Å². The fourth-order valence-electron chi connectivity index (χ4n) is 1.32. The van der Waals surface area contributed by atoms with E-state index < -0.39 is 12.1 Å². The van der Waals surface area contributed by atoms with Crippen molar-refractivity contribution in [3.63, 3.8) is 0 Å². The molecular weight excluding hydrogens is 216 g/mol. The summed E-state index contributed by atoms with van der Waals surface area (Å²) in [7, 11) is 1.28. The normalized spacial score (nSPS) is 10.2. The summed E-state index contributed by atoms with van der Waals surface area (Å²) in [5.41, 5.74) is 5.77. The number of aromatic nitrogens is 1. The number of pyridine rings is 1. The molecule has 0 aliphatic carbocycles. The maximum atomic E-state index is 12.6. The fraction of sp³-hybridized carbons (Fsp3) is 0.400. The Balaban J connectivity index is 3.29. The highest BCUT2D eigenvalue weighted by Gasteiger charge is 2.18. The second kappa shape index (κ2) is 5.37. The fourth-order valence-corrected chi connectivity index (χ4v) is 1.32. The van der Waals surface area contributed by atoms with Gasteiger partial charge in [0, 0.05) is 6.54 Å². The molecule has 16 heavy (non-hydrogen) atoms. The standard InChI is InChI=1S/C10H11F2N3O/c1-16-8-4-6(2-3-13)7(5-14)15-9(8)10(11)12/h4,10H,2,5,14H2,1H3. The zero-order chi connectivity index (χ0) is 12.1. The van der Waals surface area contributed by atoms with E-state index in [-0.39, 0.29) is 18.7 Å². The third kappa shape index (κ3) is 2.44. The highest BCUT2D eigenvalue weighted by atomic mass is 19.3. The topological polar surface area (TPSA) is 71.9 Å². The molecule has 0 spiro atoms. The molecular formula is C10H11F2N3O. The van der Waals surface area contributed by atoms with E-state index >= 15 is 0 Å². The molecule has 0 atom stereocenters. The van der Waals surface area contributed by atoms with Crippen LogP contribution in [0.1, 0.15) is 23.4 Å². The summed E-state index contributed by atoms with van der Waals surface area (Å²) < 4.78 is 30.0. The number of nitrogens with zero attached hydrogens (tertiary/aromatic N) is 2. The van der Waals surface area contributed by atoms with Crippen LogP contribution in [-0.2, 0) is 13.0 Å². The van der Waals surface area contributed by atoms with Crippen LogP contribution in [0.4, 0.5) is 8.78 Å². The third-order valence-electron chi connectivity index (χ3n) is 2.07. The van der Waals surface area contributed by atoms with Gasteiger partial charge in [-0.05, 0) is 11.6 Å². The van der Waals surface area contributed by atoms with Gasteiger partial charge in [-0.3, -0.25) is 0 Å². The molecule has 4 nitrogen and oxygen atoms in total. The van der Waals surface area contributed by atoms with Crippen LogP contribution in [0.3, 0.4) is 0 Å². The largest absolute Gasteiger partial charge is 0.495 e. The lowest BCUT2D eigenvalue weighted by molar-refractivity contribution is 0.141. The first-order chi connectivity index (χ1) is 7.63. The number of hydrogen-bond acceptors (Lipinski definition) is 4. The minimum absolute atomic E-state index is 0.0146. The summed E-state index contributed by atoms with van der Waals surface area (Å²) in [4.78, 5) is 3.73. The Labute approximate surface area is 91.7 Å². The maximum absolute atomic E-state index is 12.6. The average molecular weight is 227 g/mol. The SMILES string of the molecule is COc1cc(CC#N)c(CN)nc1C(F)F. The number of alkyl halides is 2. The number of nitriles is 1. The maximum Gasteiger partial charge on any atom is 0.284 e. The lowest BCUT2D eigenvalue weighted by Gasteiger charge is -2.11. The van der Waals surface area contributed by atoms with Crippen LogP contribution in [0.2, 0.25) is 0 Å². The van der Waals surface area contributed by atoms with Crippen molar-refractivity contribution < 1.29 is 13.5 Å². The quantitative estimate of drug-likeness (QED) is 0.847. The Kier molecular flexibility index (Phi) is 4.14. The molecule has 0 saturated heterocycles. The van der Waals surface area contributed by atoms with Crippen LogP contribution in [0, 0.1) is 11.3 Å². The Hall–Kier alpha value is -1.74. The monoisotopic (exact) mass is 227 g/mol. The lowest BCUT2D eigenvalue weighted by Crippen LogP contribution is -2.08. The summed E-state index contributed by atoms with van der Waals surface area (Å²) in [6.07, 6.45) is -2.66. The Morgan fingerprint density at radius 2 is 2.31 bits per heavy atom. The number of halogens is 2. The van der Waals surface area contributed by atoms with Crippen molar-refractivity contribution in [3.05, 3.63) is 23.0 Å². The molecule has 0 amide bonds. The van der Waals surface area contributed by atoms with Gasteiger partial charge in [0.1, 0.15) is 11.4 Å². The first kappa shape index (κ1) is 12.3. The van der Waals surface area contributed by atoms with Gasteiger partial charge in [-0.1, -0.05) is 0 Å². The zero-order valence-corrected chi connectivity index (χ0v) is 8.70. The molecule has 0 saturated carbocycles. The number of hydrogen-bond donors (Lipinski definition) is 1. The van der Waals surface area contributed by atoms with Gasteiger partial charge in [-0.2, -0.15) is 5.26 Å². The molecule has 6 heteroatoms. The van der Waals surface area contributed by atoms with E-state index in [0.717, 1.165) is 0 Å². The molecule has 0 bridgehead atoms. The Bertz CT molecular complexity index is 415. The molecule has 0 aromatic carbocycles. The van der Waals surface area contributed by atoms with Crippen LogP contribution in [0.5, 0.6) is 5.75 Å². The Morgan fingerprint density at radius 3 is 2.75 bits per heavy atom. The van der Waals surface area contributed by atoms with E-state index in [4.69, 9.17) is 15.7 Å². The number of ether oxygens (including phenoxy) is 1. The van der Waals surface area contributed by atoms with Crippen molar-refractivity contribution in [3.8, 4) is 11.8 Å². The molecule has 0 aliphatic rings. The first-order valence-electron chi connectivity index (χ1n) is 4.55. The van der Waals surface area contributed by atoms with Crippen LogP contribution in [0.25, 0.3) is 0 Å². The minimum atomic E-state index is -2.73. The molecule has 1 heterocycles. The van der Waals surface area contributed by atoms with Gasteiger partial charge in [0.2, 0.25) is 0 Å². The van der Waals surface area contributed by atoms with Crippen molar-refractivity contribution in [1.82, 2.24) is 4.98 Å². The van der Waals surface area contributed by atoms with E-state index in [0.29, 0.717) is 11.3 Å². The van der Waals surface area contributed by atoms with E-state index in [1.54, 1.807) is 0 Å². The molecule has 0 fully saturated rings. The zero-order valence-electron chi connectivity index (χ0n) is 8.70. The number of rotatable bonds is 4. The molecule has 1 aromatic rings. The Morgan fingerprint density at radius 1 is 1.62 bits per heavy atom. The predicted octanol–water partition coefficient (Wildman–Crippen LogP) is 1.55. The van der Waals surface area contributed by atoms with E-state index in [2.05, 4.69) is 4.98 Å². The summed E-state index contributed by atoms with van der Waals surface area (Å²) in [6.45, 7) is 0.0146. The van der Waals surface area contributed by atoms with Crippen LogP contribution < -0.4 is 10.5 Å². The number of methoxy groups -OCH3 is 1. The molecule has 0 unspecified atom stereocenters. The van der Waals surface area contributed by atoms with Gasteiger partial charge >= 0.3 is 0 Å². The summed E-state index contributed by atoms with van der Waals surface area (Å²) in [6, 6.07) is 3.31. The van der Waals surface area contributed by atoms with Crippen molar-refractivity contribution in [2.75, 3.05) is 7.11 Å². The average Bonchev–Trinajstić information content (AvgIpc) is 2.28. The predicted molar refractivity (Wildman–Crippen MR) is 53.0 cm³/mol. The van der Waals surface area contributed by atoms with E-state index in [1.165, 1.54) is 13.2 Å². The molecule has 1 aromatic heterocycles. The van der Waals surface area contributed by atoms with Gasteiger partial charge in [0.25, 0.3) is 6.43 Å². The summed E-state index contributed by atoms with van der Waals surface area (Å²) in [5.74, 6) is -0.0162. The van der Waals surface area contributed by atoms with Crippen molar-refractivity contribution >= 4 is 0 Å². The van der Waals surface area contributed by atoms with Crippen LogP contribution in [0.15, 0.2) is 6.07 Å². The second-order valence-corrected chi connectivity index (χ2v) is 3.02. The van der Waals surface area contributed by atoms with E-state index in [9.17, 15) is 8.78 Å². The van der Waals surface area contributed by atoms with Crippen molar-refractivity contribution in [2.24, 2.45) is 5.73 Å². The van der Waals surface area contributed by atoms with E-state index in [1.807, 2.05) is 6.07 Å². The van der Waals surface area contributed by atoms with Crippen LogP contribution in [-0.4, -0.2) is 12.1 Å². The van der Waals surface area contributed by atoms with Gasteiger partial charge in [0.15, 0.2) is 0 Å². The van der Waals surface area contributed by atoms with Crippen molar-refractivity contribution in [1.29, 1.82) is 5.26 Å². The van der Waals surface area contributed by atoms with Crippen LogP contribution >= 0.6 is 0 Å². The van der Waals surface area contributed by atoms with Gasteiger partial charge < -0.3 is 10.5 Å². The smallest absolute Gasteiger partial charge is 0.284 e. The summed E-state index contributed by atoms with van der Waals surface area (Å²) in [5, 5.41) is 8.57. The summed E-state index contributed by atoms with van der Waals surface area (Å²) >= 11 is 0. The molecule has 2 N–H and O–H groups in total. The number of nitrogens with two attached hydrogens (primary N) is 1. The van der Waals surface area contributed by atoms with Gasteiger partial charge in [-0.15, -0.1) is 0 Å². The lowest BCUT2D eigenvalue weighted by atomic mass is 10.1. The third-order valence-corrected chi connectivity index (χ3v) is 2.07. The molecule has 1 rings (SSSR count). The highest BCUT2D eigenvalue weighted by Crippen LogP contribution is 2.29. The van der Waals surface area contributed by atoms with Gasteiger partial charge in [-0.25, -0.2) is 13.8 Å². The highest BCUT2D eigenvalue weighted by molar-refractivity contribution is 5.37. The molecule has 0 aliphatic heterocycles. The molecule has 86 valence electrons.